The Morgan fingerprint density at radius 1 is 0.714 bits per heavy atom. The smallest absolute Gasteiger partial charge is 0.326 e. The van der Waals surface area contributed by atoms with Crippen molar-refractivity contribution in [3.05, 3.63) is 71.8 Å². The first-order chi connectivity index (χ1) is 16.6. The maximum atomic E-state index is 13.1. The minimum absolute atomic E-state index is 0.0907. The van der Waals surface area contributed by atoms with E-state index in [9.17, 15) is 24.3 Å². The van der Waals surface area contributed by atoms with Crippen molar-refractivity contribution in [3.8, 4) is 0 Å². The SMILES string of the molecule is CC(NC(=O)C(N)C(C)C)C(=O)NC(Cc1ccccc1)C(=O)NC(Cc1ccccc1)C(=O)O. The number of carboxylic acid groups (broad SMARTS) is 1. The van der Waals surface area contributed by atoms with Crippen molar-refractivity contribution >= 4 is 23.7 Å². The monoisotopic (exact) mass is 482 g/mol. The normalized spacial score (nSPS) is 14.3. The van der Waals surface area contributed by atoms with Gasteiger partial charge in [-0.15, -0.1) is 0 Å². The summed E-state index contributed by atoms with van der Waals surface area (Å²) >= 11 is 0. The second-order valence-corrected chi connectivity index (χ2v) is 8.84. The van der Waals surface area contributed by atoms with Crippen LogP contribution in [0, 0.1) is 5.92 Å². The van der Waals surface area contributed by atoms with Crippen molar-refractivity contribution in [2.24, 2.45) is 11.7 Å². The van der Waals surface area contributed by atoms with Gasteiger partial charge in [0.05, 0.1) is 6.04 Å². The van der Waals surface area contributed by atoms with Gasteiger partial charge in [0, 0.05) is 12.8 Å². The van der Waals surface area contributed by atoms with E-state index in [0.29, 0.717) is 0 Å². The molecule has 0 spiro atoms. The number of hydrogen-bond donors (Lipinski definition) is 5. The molecule has 4 atom stereocenters. The minimum atomic E-state index is -1.18. The van der Waals surface area contributed by atoms with E-state index < -0.39 is 47.9 Å². The Balaban J connectivity index is 2.14. The van der Waals surface area contributed by atoms with E-state index in [4.69, 9.17) is 5.73 Å². The van der Waals surface area contributed by atoms with Gasteiger partial charge in [-0.05, 0) is 24.0 Å². The third-order valence-electron chi connectivity index (χ3n) is 5.59. The van der Waals surface area contributed by atoms with Crippen LogP contribution in [0.4, 0.5) is 0 Å². The first-order valence-electron chi connectivity index (χ1n) is 11.6. The Morgan fingerprint density at radius 3 is 1.63 bits per heavy atom. The van der Waals surface area contributed by atoms with Gasteiger partial charge >= 0.3 is 5.97 Å². The number of carbonyl (C=O) groups is 4. The van der Waals surface area contributed by atoms with E-state index >= 15 is 0 Å². The van der Waals surface area contributed by atoms with Gasteiger partial charge < -0.3 is 26.8 Å². The van der Waals surface area contributed by atoms with Crippen LogP contribution in [0.1, 0.15) is 31.9 Å². The summed E-state index contributed by atoms with van der Waals surface area (Å²) in [6, 6.07) is 14.0. The Morgan fingerprint density at radius 2 is 1.17 bits per heavy atom. The van der Waals surface area contributed by atoms with Crippen molar-refractivity contribution in [1.82, 2.24) is 16.0 Å². The van der Waals surface area contributed by atoms with Crippen molar-refractivity contribution in [2.75, 3.05) is 0 Å². The zero-order valence-corrected chi connectivity index (χ0v) is 20.2. The summed E-state index contributed by atoms with van der Waals surface area (Å²) in [5.41, 5.74) is 7.37. The predicted octanol–water partition coefficient (Wildman–Crippen LogP) is 1.01. The van der Waals surface area contributed by atoms with Crippen LogP contribution in [-0.2, 0) is 32.0 Å². The fourth-order valence-corrected chi connectivity index (χ4v) is 3.36. The first kappa shape index (κ1) is 27.5. The highest BCUT2D eigenvalue weighted by atomic mass is 16.4. The molecule has 0 saturated carbocycles. The maximum absolute atomic E-state index is 13.1. The number of rotatable bonds is 12. The third kappa shape index (κ3) is 8.86. The molecule has 9 heteroatoms. The number of amides is 3. The number of nitrogens with one attached hydrogen (secondary N) is 3. The van der Waals surface area contributed by atoms with Crippen LogP contribution in [0.5, 0.6) is 0 Å². The second-order valence-electron chi connectivity index (χ2n) is 8.84. The average molecular weight is 483 g/mol. The zero-order chi connectivity index (χ0) is 26.0. The molecule has 35 heavy (non-hydrogen) atoms. The Hall–Kier alpha value is -3.72. The van der Waals surface area contributed by atoms with Gasteiger partial charge in [-0.3, -0.25) is 14.4 Å². The topological polar surface area (TPSA) is 151 Å². The average Bonchev–Trinajstić information content (AvgIpc) is 2.83. The lowest BCUT2D eigenvalue weighted by atomic mass is 10.0. The lowest BCUT2D eigenvalue weighted by molar-refractivity contribution is -0.142. The number of benzene rings is 2. The Labute approximate surface area is 205 Å². The number of nitrogens with two attached hydrogens (primary N) is 1. The van der Waals surface area contributed by atoms with Crippen molar-refractivity contribution in [1.29, 1.82) is 0 Å². The summed E-state index contributed by atoms with van der Waals surface area (Å²) in [6.07, 6.45) is 0.232. The fourth-order valence-electron chi connectivity index (χ4n) is 3.36. The van der Waals surface area contributed by atoms with Crippen LogP contribution in [0.3, 0.4) is 0 Å². The first-order valence-corrected chi connectivity index (χ1v) is 11.6. The highest BCUT2D eigenvalue weighted by Crippen LogP contribution is 2.07. The summed E-state index contributed by atoms with van der Waals surface area (Å²) in [7, 11) is 0. The number of aliphatic carboxylic acids is 1. The molecule has 2 rings (SSSR count). The van der Waals surface area contributed by atoms with Crippen LogP contribution < -0.4 is 21.7 Å². The maximum Gasteiger partial charge on any atom is 0.326 e. The molecule has 0 heterocycles. The summed E-state index contributed by atoms with van der Waals surface area (Å²) < 4.78 is 0. The molecule has 0 aromatic heterocycles. The highest BCUT2D eigenvalue weighted by molar-refractivity contribution is 5.94. The fraction of sp³-hybridized carbons (Fsp3) is 0.385. The van der Waals surface area contributed by atoms with E-state index in [1.807, 2.05) is 12.1 Å². The molecule has 0 saturated heterocycles. The van der Waals surface area contributed by atoms with Crippen LogP contribution in [0.2, 0.25) is 0 Å². The van der Waals surface area contributed by atoms with E-state index in [-0.39, 0.29) is 18.8 Å². The number of carbonyl (C=O) groups excluding carboxylic acids is 3. The number of hydrogen-bond acceptors (Lipinski definition) is 5. The Kier molecular flexibility index (Phi) is 10.4. The second kappa shape index (κ2) is 13.2. The molecular weight excluding hydrogens is 448 g/mol. The van der Waals surface area contributed by atoms with E-state index in [2.05, 4.69) is 16.0 Å². The molecular formula is C26H34N4O5. The van der Waals surface area contributed by atoms with E-state index in [1.165, 1.54) is 6.92 Å². The number of carboxylic acids is 1. The lowest BCUT2D eigenvalue weighted by Crippen LogP contribution is -2.57. The molecule has 2 aromatic rings. The molecule has 0 aliphatic heterocycles. The quantitative estimate of drug-likeness (QED) is 0.305. The molecule has 9 nitrogen and oxygen atoms in total. The standard InChI is InChI=1S/C26H34N4O5/c1-16(2)22(27)25(33)28-17(3)23(31)29-20(14-18-10-6-4-7-11-18)24(32)30-21(26(34)35)15-19-12-8-5-9-13-19/h4-13,16-17,20-22H,14-15,27H2,1-3H3,(H,28,33)(H,29,31)(H,30,32)(H,34,35). The highest BCUT2D eigenvalue weighted by Gasteiger charge is 2.29. The third-order valence-corrected chi connectivity index (χ3v) is 5.59. The molecule has 0 radical (unpaired) electrons. The van der Waals surface area contributed by atoms with Crippen molar-refractivity contribution in [3.63, 3.8) is 0 Å². The predicted molar refractivity (Wildman–Crippen MR) is 132 cm³/mol. The van der Waals surface area contributed by atoms with Crippen molar-refractivity contribution in [2.45, 2.75) is 57.8 Å². The van der Waals surface area contributed by atoms with E-state index in [0.717, 1.165) is 11.1 Å². The van der Waals surface area contributed by atoms with Crippen molar-refractivity contribution < 1.29 is 24.3 Å². The van der Waals surface area contributed by atoms with Crippen LogP contribution in [0.15, 0.2) is 60.7 Å². The zero-order valence-electron chi connectivity index (χ0n) is 20.2. The molecule has 6 N–H and O–H groups in total. The molecule has 0 aliphatic carbocycles. The van der Waals surface area contributed by atoms with E-state index in [1.54, 1.807) is 62.4 Å². The molecule has 188 valence electrons. The molecule has 4 unspecified atom stereocenters. The Bertz CT molecular complexity index is 997. The van der Waals surface area contributed by atoms with Gasteiger partial charge in [-0.2, -0.15) is 0 Å². The van der Waals surface area contributed by atoms with Crippen LogP contribution in [-0.4, -0.2) is 53.0 Å². The lowest BCUT2D eigenvalue weighted by Gasteiger charge is -2.24. The molecule has 2 aromatic carbocycles. The van der Waals surface area contributed by atoms with Crippen LogP contribution in [0.25, 0.3) is 0 Å². The molecule has 0 aliphatic rings. The molecule has 0 bridgehead atoms. The van der Waals surface area contributed by atoms with Gasteiger partial charge in [-0.1, -0.05) is 74.5 Å². The van der Waals surface area contributed by atoms with Gasteiger partial charge in [0.25, 0.3) is 0 Å². The molecule has 0 fully saturated rings. The largest absolute Gasteiger partial charge is 0.480 e. The van der Waals surface area contributed by atoms with Gasteiger partial charge in [0.1, 0.15) is 18.1 Å². The van der Waals surface area contributed by atoms with Gasteiger partial charge in [-0.25, -0.2) is 4.79 Å². The summed E-state index contributed by atoms with van der Waals surface area (Å²) in [5.74, 6) is -2.99. The summed E-state index contributed by atoms with van der Waals surface area (Å²) in [6.45, 7) is 5.08. The summed E-state index contributed by atoms with van der Waals surface area (Å²) in [5, 5.41) is 17.4. The van der Waals surface area contributed by atoms with Crippen LogP contribution >= 0.6 is 0 Å². The van der Waals surface area contributed by atoms with Gasteiger partial charge in [0.2, 0.25) is 17.7 Å². The summed E-state index contributed by atoms with van der Waals surface area (Å²) in [4.78, 5) is 50.0. The molecule has 3 amide bonds. The van der Waals surface area contributed by atoms with Gasteiger partial charge in [0.15, 0.2) is 0 Å². The minimum Gasteiger partial charge on any atom is -0.480 e.